The molecule has 1 aliphatic heterocycles. The summed E-state index contributed by atoms with van der Waals surface area (Å²) in [5.41, 5.74) is 7.10. The van der Waals surface area contributed by atoms with Crippen molar-refractivity contribution in [3.8, 4) is 5.75 Å². The fourth-order valence-corrected chi connectivity index (χ4v) is 5.68. The Hall–Kier alpha value is -3.11. The van der Waals surface area contributed by atoms with Gasteiger partial charge in [0.05, 0.1) is 11.5 Å². The molecule has 204 valence electrons. The van der Waals surface area contributed by atoms with Crippen LogP contribution in [0.15, 0.2) is 53.4 Å². The molecule has 2 aromatic carbocycles. The summed E-state index contributed by atoms with van der Waals surface area (Å²) in [6.45, 7) is 5.36. The number of amides is 2. The molecular weight excluding hydrogens is 494 g/mol. The Kier molecular flexibility index (Phi) is 11.4. The van der Waals surface area contributed by atoms with E-state index in [9.17, 15) is 18.0 Å². The van der Waals surface area contributed by atoms with Gasteiger partial charge in [-0.1, -0.05) is 20.3 Å². The second-order valence-electron chi connectivity index (χ2n) is 9.05. The Morgan fingerprint density at radius 3 is 2.11 bits per heavy atom. The van der Waals surface area contributed by atoms with Crippen LogP contribution < -0.4 is 20.7 Å². The minimum absolute atomic E-state index is 0.0214. The molecule has 0 aromatic heterocycles. The highest BCUT2D eigenvalue weighted by atomic mass is 32.2. The quantitative estimate of drug-likeness (QED) is 0.449. The van der Waals surface area contributed by atoms with Gasteiger partial charge in [-0.15, -0.1) is 0 Å². The summed E-state index contributed by atoms with van der Waals surface area (Å²) in [6, 6.07) is 13.3. The van der Waals surface area contributed by atoms with Gasteiger partial charge in [-0.2, -0.15) is 0 Å². The maximum absolute atomic E-state index is 13.2. The lowest BCUT2D eigenvalue weighted by Crippen LogP contribution is -2.53. The van der Waals surface area contributed by atoms with Crippen molar-refractivity contribution in [3.63, 3.8) is 0 Å². The third-order valence-corrected chi connectivity index (χ3v) is 8.45. The fraction of sp³-hybridized carbons (Fsp3) is 0.481. The Morgan fingerprint density at radius 1 is 1.03 bits per heavy atom. The SMILES string of the molecule is CCC.CN(C)c1ccc(C(=O)NCCCOc2ccc(S(=O)(=O)C3(C(N)=O)CCOCC3)cc2)cc1. The van der Waals surface area contributed by atoms with Crippen molar-refractivity contribution >= 4 is 27.3 Å². The number of anilines is 1. The molecule has 1 heterocycles. The molecule has 10 heteroatoms. The molecule has 1 aliphatic rings. The van der Waals surface area contributed by atoms with E-state index in [2.05, 4.69) is 19.2 Å². The van der Waals surface area contributed by atoms with E-state index < -0.39 is 20.5 Å². The van der Waals surface area contributed by atoms with Crippen LogP contribution in [0.5, 0.6) is 5.75 Å². The second-order valence-corrected chi connectivity index (χ2v) is 11.3. The van der Waals surface area contributed by atoms with Crippen LogP contribution in [0.1, 0.15) is 49.9 Å². The van der Waals surface area contributed by atoms with Gasteiger partial charge >= 0.3 is 0 Å². The monoisotopic (exact) mass is 533 g/mol. The van der Waals surface area contributed by atoms with Gasteiger partial charge in [-0.05, 0) is 67.8 Å². The summed E-state index contributed by atoms with van der Waals surface area (Å²) in [5.74, 6) is -0.521. The van der Waals surface area contributed by atoms with Crippen LogP contribution in [0, 0.1) is 0 Å². The van der Waals surface area contributed by atoms with Crippen molar-refractivity contribution in [2.24, 2.45) is 5.73 Å². The normalized spacial score (nSPS) is 14.6. The third kappa shape index (κ3) is 7.69. The Bertz CT molecular complexity index is 1110. The summed E-state index contributed by atoms with van der Waals surface area (Å²) < 4.78 is 35.5. The van der Waals surface area contributed by atoms with Crippen LogP contribution in [-0.2, 0) is 19.4 Å². The summed E-state index contributed by atoms with van der Waals surface area (Å²) in [5, 5.41) is 2.85. The van der Waals surface area contributed by atoms with Gasteiger partial charge in [0.1, 0.15) is 5.75 Å². The lowest BCUT2D eigenvalue weighted by atomic mass is 9.98. The van der Waals surface area contributed by atoms with E-state index in [4.69, 9.17) is 15.2 Å². The first-order valence-electron chi connectivity index (χ1n) is 12.5. The van der Waals surface area contributed by atoms with Crippen LogP contribution in [-0.4, -0.2) is 65.4 Å². The molecule has 9 nitrogen and oxygen atoms in total. The van der Waals surface area contributed by atoms with Crippen molar-refractivity contribution in [2.45, 2.75) is 49.2 Å². The number of rotatable bonds is 10. The molecule has 2 amide bonds. The zero-order valence-corrected chi connectivity index (χ0v) is 23.0. The fourth-order valence-electron chi connectivity index (χ4n) is 3.77. The maximum atomic E-state index is 13.2. The lowest BCUT2D eigenvalue weighted by Gasteiger charge is -2.33. The highest BCUT2D eigenvalue weighted by Gasteiger charge is 2.51. The minimum Gasteiger partial charge on any atom is -0.494 e. The van der Waals surface area contributed by atoms with Gasteiger partial charge in [-0.25, -0.2) is 8.42 Å². The first kappa shape index (κ1) is 30.1. The first-order chi connectivity index (χ1) is 17.6. The summed E-state index contributed by atoms with van der Waals surface area (Å²) in [4.78, 5) is 26.3. The molecule has 1 fully saturated rings. The molecule has 0 aliphatic carbocycles. The Labute approximate surface area is 220 Å². The molecule has 0 radical (unpaired) electrons. The van der Waals surface area contributed by atoms with Crippen LogP contribution in [0.3, 0.4) is 0 Å². The van der Waals surface area contributed by atoms with Gasteiger partial charge in [-0.3, -0.25) is 9.59 Å². The van der Waals surface area contributed by atoms with Crippen molar-refractivity contribution in [3.05, 3.63) is 54.1 Å². The van der Waals surface area contributed by atoms with E-state index in [1.165, 1.54) is 18.6 Å². The van der Waals surface area contributed by atoms with Crippen LogP contribution in [0.25, 0.3) is 0 Å². The Morgan fingerprint density at radius 2 is 1.59 bits per heavy atom. The molecule has 0 saturated carbocycles. The number of carbonyl (C=O) groups excluding carboxylic acids is 2. The molecule has 37 heavy (non-hydrogen) atoms. The van der Waals surface area contributed by atoms with E-state index in [0.29, 0.717) is 30.9 Å². The van der Waals surface area contributed by atoms with Gasteiger partial charge in [0.15, 0.2) is 14.6 Å². The zero-order chi connectivity index (χ0) is 27.5. The van der Waals surface area contributed by atoms with Crippen LogP contribution in [0.2, 0.25) is 0 Å². The largest absolute Gasteiger partial charge is 0.494 e. The average molecular weight is 534 g/mol. The average Bonchev–Trinajstić information content (AvgIpc) is 2.89. The van der Waals surface area contributed by atoms with Gasteiger partial charge < -0.3 is 25.4 Å². The molecule has 2 aromatic rings. The number of benzene rings is 2. The summed E-state index contributed by atoms with van der Waals surface area (Å²) in [6.07, 6.45) is 1.90. The minimum atomic E-state index is -3.97. The molecule has 0 spiro atoms. The zero-order valence-electron chi connectivity index (χ0n) is 22.2. The van der Waals surface area contributed by atoms with Gasteiger partial charge in [0, 0.05) is 45.1 Å². The lowest BCUT2D eigenvalue weighted by molar-refractivity contribution is -0.122. The number of sulfone groups is 1. The number of primary amides is 1. The van der Waals surface area contributed by atoms with E-state index in [1.54, 1.807) is 24.3 Å². The van der Waals surface area contributed by atoms with Crippen LogP contribution >= 0.6 is 0 Å². The predicted molar refractivity (Wildman–Crippen MR) is 145 cm³/mol. The van der Waals surface area contributed by atoms with E-state index in [0.717, 1.165) is 5.69 Å². The van der Waals surface area contributed by atoms with Crippen molar-refractivity contribution in [1.82, 2.24) is 5.32 Å². The van der Waals surface area contributed by atoms with Crippen LogP contribution in [0.4, 0.5) is 5.69 Å². The molecule has 0 atom stereocenters. The maximum Gasteiger partial charge on any atom is 0.251 e. The third-order valence-electron chi connectivity index (χ3n) is 5.92. The predicted octanol–water partition coefficient (Wildman–Crippen LogP) is 3.18. The molecule has 3 N–H and O–H groups in total. The summed E-state index contributed by atoms with van der Waals surface area (Å²) in [7, 11) is -0.101. The number of nitrogens with two attached hydrogens (primary N) is 1. The van der Waals surface area contributed by atoms with Crippen molar-refractivity contribution in [1.29, 1.82) is 0 Å². The Balaban J connectivity index is 0.00000153. The second kappa shape index (κ2) is 14.0. The molecule has 1 saturated heterocycles. The van der Waals surface area contributed by atoms with Gasteiger partial charge in [0.2, 0.25) is 5.91 Å². The van der Waals surface area contributed by atoms with Gasteiger partial charge in [0.25, 0.3) is 5.91 Å². The number of hydrogen-bond donors (Lipinski definition) is 2. The molecule has 0 unspecified atom stereocenters. The number of nitrogens with zero attached hydrogens (tertiary/aromatic N) is 1. The topological polar surface area (TPSA) is 128 Å². The first-order valence-corrected chi connectivity index (χ1v) is 14.0. The van der Waals surface area contributed by atoms with Crippen molar-refractivity contribution in [2.75, 3.05) is 45.4 Å². The highest BCUT2D eigenvalue weighted by molar-refractivity contribution is 7.93. The highest BCUT2D eigenvalue weighted by Crippen LogP contribution is 2.35. The number of ether oxygens (including phenoxy) is 2. The molecule has 3 rings (SSSR count). The molecule has 0 bridgehead atoms. The van der Waals surface area contributed by atoms with E-state index in [-0.39, 0.29) is 36.9 Å². The smallest absolute Gasteiger partial charge is 0.251 e. The number of hydrogen-bond acceptors (Lipinski definition) is 7. The van der Waals surface area contributed by atoms with E-state index in [1.807, 2.05) is 31.1 Å². The standard InChI is InChI=1S/C24H31N3O6S.C3H8/c1-27(2)19-6-4-18(5-7-19)22(28)26-14-3-15-33-20-8-10-21(11-9-20)34(30,31)24(23(25)29)12-16-32-17-13-24;1-3-2/h4-11H,3,12-17H2,1-2H3,(H2,25,29)(H,26,28);3H2,1-2H3. The van der Waals surface area contributed by atoms with E-state index >= 15 is 0 Å². The summed E-state index contributed by atoms with van der Waals surface area (Å²) >= 11 is 0. The number of carbonyl (C=O) groups is 2. The van der Waals surface area contributed by atoms with Crippen molar-refractivity contribution < 1.29 is 27.5 Å². The molecular formula is C27H39N3O6S. The number of nitrogens with one attached hydrogen (secondary N) is 1.